The molecule has 0 aliphatic carbocycles. The molecule has 1 rings (SSSR count). The molecule has 0 spiro atoms. The molecule has 1 aromatic rings. The molecule has 1 aromatic heterocycles. The first-order valence-electron chi connectivity index (χ1n) is 5.99. The number of nitrogen functional groups attached to an aromatic ring is 1. The second-order valence-electron chi connectivity index (χ2n) is 4.53. The van der Waals surface area contributed by atoms with E-state index in [4.69, 9.17) is 5.73 Å². The number of aliphatic hydroxyl groups is 1. The maximum atomic E-state index is 9.31. The Morgan fingerprint density at radius 2 is 2.00 bits per heavy atom. The molecule has 0 fully saturated rings. The Balaban J connectivity index is 3.00. The third kappa shape index (κ3) is 3.30. The van der Waals surface area contributed by atoms with Gasteiger partial charge in [0, 0.05) is 12.0 Å². The minimum Gasteiger partial charge on any atom is -0.394 e. The Bertz CT molecular complexity index is 379. The summed E-state index contributed by atoms with van der Waals surface area (Å²) >= 11 is 0. The summed E-state index contributed by atoms with van der Waals surface area (Å²) < 4.78 is 0. The lowest BCUT2D eigenvalue weighted by Gasteiger charge is -2.22. The summed E-state index contributed by atoms with van der Waals surface area (Å²) in [5, 5.41) is 12.5. The monoisotopic (exact) mass is 238 g/mol. The van der Waals surface area contributed by atoms with Crippen LogP contribution in [0.4, 0.5) is 11.6 Å². The van der Waals surface area contributed by atoms with Gasteiger partial charge >= 0.3 is 0 Å². The van der Waals surface area contributed by atoms with E-state index in [0.29, 0.717) is 11.7 Å². The molecule has 0 aliphatic heterocycles. The molecule has 1 unspecified atom stereocenters. The van der Waals surface area contributed by atoms with Crippen molar-refractivity contribution in [2.75, 3.05) is 17.7 Å². The van der Waals surface area contributed by atoms with Crippen LogP contribution in [0.3, 0.4) is 0 Å². The van der Waals surface area contributed by atoms with Gasteiger partial charge in [-0.1, -0.05) is 20.8 Å². The van der Waals surface area contributed by atoms with Crippen molar-refractivity contribution in [1.29, 1.82) is 0 Å². The fraction of sp³-hybridized carbons (Fsp3) is 0.667. The highest BCUT2D eigenvalue weighted by molar-refractivity contribution is 5.55. The first-order chi connectivity index (χ1) is 7.99. The highest BCUT2D eigenvalue weighted by Gasteiger charge is 2.15. The van der Waals surface area contributed by atoms with Crippen molar-refractivity contribution in [2.24, 2.45) is 5.92 Å². The number of nitrogens with zero attached hydrogens (tertiary/aromatic N) is 2. The normalized spacial score (nSPS) is 12.8. The highest BCUT2D eigenvalue weighted by Crippen LogP contribution is 2.19. The molecule has 5 nitrogen and oxygen atoms in total. The van der Waals surface area contributed by atoms with E-state index in [1.54, 1.807) is 0 Å². The largest absolute Gasteiger partial charge is 0.394 e. The van der Waals surface area contributed by atoms with Crippen LogP contribution in [-0.2, 0) is 6.42 Å². The van der Waals surface area contributed by atoms with Gasteiger partial charge in [0.2, 0.25) is 0 Å². The number of rotatable bonds is 5. The molecule has 0 amide bonds. The van der Waals surface area contributed by atoms with E-state index in [9.17, 15) is 5.11 Å². The maximum absolute atomic E-state index is 9.31. The van der Waals surface area contributed by atoms with E-state index in [1.807, 2.05) is 13.8 Å². The lowest BCUT2D eigenvalue weighted by molar-refractivity contribution is 0.249. The van der Waals surface area contributed by atoms with Gasteiger partial charge < -0.3 is 16.2 Å². The highest BCUT2D eigenvalue weighted by atomic mass is 16.3. The van der Waals surface area contributed by atoms with E-state index in [-0.39, 0.29) is 12.6 Å². The van der Waals surface area contributed by atoms with Gasteiger partial charge in [0.1, 0.15) is 17.5 Å². The summed E-state index contributed by atoms with van der Waals surface area (Å²) in [6, 6.07) is -0.0206. The molecule has 0 saturated heterocycles. The SMILES string of the molecule is CCc1nc(N)c(C)c(NC(CO)C(C)C)n1. The first kappa shape index (κ1) is 13.7. The smallest absolute Gasteiger partial charge is 0.135 e. The molecule has 0 aliphatic rings. The van der Waals surface area contributed by atoms with Crippen LogP contribution in [-0.4, -0.2) is 27.7 Å². The molecular formula is C12H22N4O. The molecule has 0 aromatic carbocycles. The molecule has 0 bridgehead atoms. The number of anilines is 2. The molecular weight excluding hydrogens is 216 g/mol. The molecule has 1 atom stereocenters. The van der Waals surface area contributed by atoms with Crippen LogP contribution in [0, 0.1) is 12.8 Å². The van der Waals surface area contributed by atoms with Gasteiger partial charge in [-0.3, -0.25) is 0 Å². The number of aryl methyl sites for hydroxylation is 1. The summed E-state index contributed by atoms with van der Waals surface area (Å²) in [4.78, 5) is 8.60. The number of hydrogen-bond donors (Lipinski definition) is 3. The summed E-state index contributed by atoms with van der Waals surface area (Å²) in [6.45, 7) is 8.04. The minimum absolute atomic E-state index is 0.0206. The fourth-order valence-corrected chi connectivity index (χ4v) is 1.48. The van der Waals surface area contributed by atoms with E-state index >= 15 is 0 Å². The number of nitrogens with one attached hydrogen (secondary N) is 1. The molecule has 1 heterocycles. The van der Waals surface area contributed by atoms with Crippen LogP contribution < -0.4 is 11.1 Å². The standard InChI is InChI=1S/C12H22N4O/c1-5-10-15-11(13)8(4)12(16-10)14-9(6-17)7(2)3/h7,9,17H,5-6H2,1-4H3,(H3,13,14,15,16). The van der Waals surface area contributed by atoms with Crippen molar-refractivity contribution in [1.82, 2.24) is 9.97 Å². The Kier molecular flexibility index (Phi) is 4.69. The Morgan fingerprint density at radius 1 is 1.35 bits per heavy atom. The zero-order valence-corrected chi connectivity index (χ0v) is 11.0. The summed E-state index contributed by atoms with van der Waals surface area (Å²) in [7, 11) is 0. The van der Waals surface area contributed by atoms with Gasteiger partial charge in [-0.15, -0.1) is 0 Å². The van der Waals surface area contributed by atoms with Crippen LogP contribution in [0.1, 0.15) is 32.2 Å². The zero-order chi connectivity index (χ0) is 13.0. The van der Waals surface area contributed by atoms with Crippen LogP contribution in [0.5, 0.6) is 0 Å². The predicted octanol–water partition coefficient (Wildman–Crippen LogP) is 1.36. The number of hydrogen-bond acceptors (Lipinski definition) is 5. The number of nitrogens with two attached hydrogens (primary N) is 1. The van der Waals surface area contributed by atoms with Crippen molar-refractivity contribution in [3.63, 3.8) is 0 Å². The van der Waals surface area contributed by atoms with Crippen LogP contribution >= 0.6 is 0 Å². The van der Waals surface area contributed by atoms with Crippen molar-refractivity contribution in [3.8, 4) is 0 Å². The van der Waals surface area contributed by atoms with Gasteiger partial charge in [0.05, 0.1) is 12.6 Å². The summed E-state index contributed by atoms with van der Waals surface area (Å²) in [5.74, 6) is 2.26. The van der Waals surface area contributed by atoms with Crippen LogP contribution in [0.25, 0.3) is 0 Å². The quantitative estimate of drug-likeness (QED) is 0.721. The third-order valence-electron chi connectivity index (χ3n) is 2.87. The second-order valence-corrected chi connectivity index (χ2v) is 4.53. The fourth-order valence-electron chi connectivity index (χ4n) is 1.48. The summed E-state index contributed by atoms with van der Waals surface area (Å²) in [5.41, 5.74) is 6.67. The number of aromatic nitrogens is 2. The maximum Gasteiger partial charge on any atom is 0.135 e. The minimum atomic E-state index is -0.0206. The van der Waals surface area contributed by atoms with Crippen molar-refractivity contribution in [3.05, 3.63) is 11.4 Å². The van der Waals surface area contributed by atoms with Crippen molar-refractivity contribution >= 4 is 11.6 Å². The van der Waals surface area contributed by atoms with Crippen LogP contribution in [0.2, 0.25) is 0 Å². The van der Waals surface area contributed by atoms with Gasteiger partial charge in [0.25, 0.3) is 0 Å². The zero-order valence-electron chi connectivity index (χ0n) is 11.0. The van der Waals surface area contributed by atoms with Crippen molar-refractivity contribution in [2.45, 2.75) is 40.2 Å². The lowest BCUT2D eigenvalue weighted by Crippen LogP contribution is -2.30. The van der Waals surface area contributed by atoms with Gasteiger partial charge in [-0.05, 0) is 12.8 Å². The number of aliphatic hydroxyl groups excluding tert-OH is 1. The molecule has 5 heteroatoms. The molecule has 4 N–H and O–H groups in total. The van der Waals surface area contributed by atoms with Crippen LogP contribution in [0.15, 0.2) is 0 Å². The van der Waals surface area contributed by atoms with Crippen molar-refractivity contribution < 1.29 is 5.11 Å². The summed E-state index contributed by atoms with van der Waals surface area (Å²) in [6.07, 6.45) is 0.741. The second kappa shape index (κ2) is 5.82. The third-order valence-corrected chi connectivity index (χ3v) is 2.87. The van der Waals surface area contributed by atoms with E-state index in [0.717, 1.165) is 23.6 Å². The Hall–Kier alpha value is -1.36. The van der Waals surface area contributed by atoms with E-state index in [1.165, 1.54) is 0 Å². The van der Waals surface area contributed by atoms with E-state index in [2.05, 4.69) is 29.1 Å². The van der Waals surface area contributed by atoms with Gasteiger partial charge in [-0.25, -0.2) is 9.97 Å². The van der Waals surface area contributed by atoms with E-state index < -0.39 is 0 Å². The molecule has 96 valence electrons. The van der Waals surface area contributed by atoms with Gasteiger partial charge in [-0.2, -0.15) is 0 Å². The topological polar surface area (TPSA) is 84.1 Å². The Morgan fingerprint density at radius 3 is 2.47 bits per heavy atom. The lowest BCUT2D eigenvalue weighted by atomic mass is 10.1. The van der Waals surface area contributed by atoms with Gasteiger partial charge in [0.15, 0.2) is 0 Å². The predicted molar refractivity (Wildman–Crippen MR) is 69.9 cm³/mol. The Labute approximate surface area is 102 Å². The molecule has 17 heavy (non-hydrogen) atoms. The molecule has 0 saturated carbocycles. The first-order valence-corrected chi connectivity index (χ1v) is 5.99. The molecule has 0 radical (unpaired) electrons. The average molecular weight is 238 g/mol. The average Bonchev–Trinajstić information content (AvgIpc) is 2.30.